The Morgan fingerprint density at radius 3 is 3.06 bits per heavy atom. The first kappa shape index (κ1) is 10.9. The van der Waals surface area contributed by atoms with E-state index in [4.69, 9.17) is 5.26 Å². The summed E-state index contributed by atoms with van der Waals surface area (Å²) in [5.41, 5.74) is 1.92. The van der Waals surface area contributed by atoms with Crippen molar-refractivity contribution in [2.75, 3.05) is 0 Å². The Morgan fingerprint density at radius 2 is 2.33 bits per heavy atom. The van der Waals surface area contributed by atoms with Gasteiger partial charge in [-0.2, -0.15) is 5.26 Å². The van der Waals surface area contributed by atoms with Gasteiger partial charge in [-0.1, -0.05) is 0 Å². The van der Waals surface area contributed by atoms with Crippen LogP contribution in [-0.4, -0.2) is 25.8 Å². The monoisotopic (exact) mass is 240 g/mol. The van der Waals surface area contributed by atoms with Crippen LogP contribution in [0.3, 0.4) is 0 Å². The van der Waals surface area contributed by atoms with Gasteiger partial charge in [-0.05, 0) is 24.5 Å². The molecule has 0 unspecified atom stereocenters. The summed E-state index contributed by atoms with van der Waals surface area (Å²) in [5.74, 6) is 0.163. The van der Waals surface area contributed by atoms with Gasteiger partial charge in [0, 0.05) is 18.8 Å². The molecule has 90 valence electrons. The molecule has 0 aliphatic heterocycles. The second-order valence-corrected chi connectivity index (χ2v) is 4.33. The second-order valence-electron chi connectivity index (χ2n) is 4.33. The van der Waals surface area contributed by atoms with Gasteiger partial charge < -0.3 is 5.32 Å². The first-order chi connectivity index (χ1) is 8.85. The van der Waals surface area contributed by atoms with Crippen LogP contribution in [0.15, 0.2) is 24.8 Å². The van der Waals surface area contributed by atoms with E-state index in [0.29, 0.717) is 6.04 Å². The van der Waals surface area contributed by atoms with Crippen molar-refractivity contribution < 1.29 is 0 Å². The molecule has 3 rings (SSSR count). The van der Waals surface area contributed by atoms with Crippen LogP contribution in [0.5, 0.6) is 0 Å². The molecule has 1 aliphatic carbocycles. The zero-order valence-corrected chi connectivity index (χ0v) is 9.74. The van der Waals surface area contributed by atoms with Crippen LogP contribution in [0.4, 0.5) is 0 Å². The van der Waals surface area contributed by atoms with Crippen LogP contribution >= 0.6 is 0 Å². The minimum atomic E-state index is 0.163. The summed E-state index contributed by atoms with van der Waals surface area (Å²) in [4.78, 5) is 8.06. The lowest BCUT2D eigenvalue weighted by Gasteiger charge is -2.05. The molecular formula is C12H12N6. The molecule has 0 aromatic carbocycles. The molecule has 2 heterocycles. The van der Waals surface area contributed by atoms with Crippen molar-refractivity contribution in [1.82, 2.24) is 25.1 Å². The molecule has 1 fully saturated rings. The minimum absolute atomic E-state index is 0.163. The van der Waals surface area contributed by atoms with Gasteiger partial charge in [-0.15, -0.1) is 5.10 Å². The van der Waals surface area contributed by atoms with E-state index in [1.54, 1.807) is 10.9 Å². The molecule has 18 heavy (non-hydrogen) atoms. The van der Waals surface area contributed by atoms with E-state index in [-0.39, 0.29) is 5.82 Å². The van der Waals surface area contributed by atoms with E-state index >= 15 is 0 Å². The summed E-state index contributed by atoms with van der Waals surface area (Å²) in [6.45, 7) is 0.811. The fourth-order valence-electron chi connectivity index (χ4n) is 1.68. The number of aromatic nitrogens is 4. The zero-order chi connectivity index (χ0) is 12.4. The maximum atomic E-state index is 8.69. The Labute approximate surface area is 104 Å². The van der Waals surface area contributed by atoms with Crippen LogP contribution < -0.4 is 5.32 Å². The molecule has 2 aromatic rings. The highest BCUT2D eigenvalue weighted by Gasteiger charge is 2.19. The summed E-state index contributed by atoms with van der Waals surface area (Å²) in [5, 5.41) is 16.2. The van der Waals surface area contributed by atoms with Crippen LogP contribution in [0.1, 0.15) is 24.2 Å². The molecule has 0 radical (unpaired) electrons. The normalized spacial score (nSPS) is 14.4. The van der Waals surface area contributed by atoms with Crippen LogP contribution in [0.25, 0.3) is 5.69 Å². The number of hydrogen-bond donors (Lipinski definition) is 1. The van der Waals surface area contributed by atoms with E-state index in [2.05, 4.69) is 20.4 Å². The van der Waals surface area contributed by atoms with Gasteiger partial charge >= 0.3 is 0 Å². The number of nitriles is 1. The standard InChI is InChI=1S/C12H12N6/c13-4-12-16-8-18(17-12)11-3-9(5-14-7-11)6-15-10-1-2-10/h3,5,7-8,10,15H,1-2,6H2. The van der Waals surface area contributed by atoms with Crippen LogP contribution in [0.2, 0.25) is 0 Å². The Morgan fingerprint density at radius 1 is 1.44 bits per heavy atom. The number of rotatable bonds is 4. The van der Waals surface area contributed by atoms with Gasteiger partial charge in [0.25, 0.3) is 5.82 Å². The van der Waals surface area contributed by atoms with Crippen molar-refractivity contribution >= 4 is 0 Å². The molecule has 2 aromatic heterocycles. The molecule has 0 amide bonds. The van der Waals surface area contributed by atoms with Gasteiger partial charge in [-0.3, -0.25) is 4.98 Å². The molecule has 1 saturated carbocycles. The number of nitrogens with zero attached hydrogens (tertiary/aromatic N) is 5. The van der Waals surface area contributed by atoms with Crippen molar-refractivity contribution in [1.29, 1.82) is 5.26 Å². The number of pyridine rings is 1. The summed E-state index contributed by atoms with van der Waals surface area (Å²) >= 11 is 0. The lowest BCUT2D eigenvalue weighted by atomic mass is 10.2. The first-order valence-electron chi connectivity index (χ1n) is 5.84. The lowest BCUT2D eigenvalue weighted by Crippen LogP contribution is -2.15. The molecule has 0 bridgehead atoms. The third-order valence-electron chi connectivity index (χ3n) is 2.81. The average Bonchev–Trinajstić information content (AvgIpc) is 3.12. The van der Waals surface area contributed by atoms with Crippen molar-refractivity contribution in [3.05, 3.63) is 36.2 Å². The topological polar surface area (TPSA) is 79.4 Å². The smallest absolute Gasteiger partial charge is 0.252 e. The summed E-state index contributed by atoms with van der Waals surface area (Å²) in [7, 11) is 0. The third-order valence-corrected chi connectivity index (χ3v) is 2.81. The maximum absolute atomic E-state index is 8.69. The van der Waals surface area contributed by atoms with Crippen LogP contribution in [-0.2, 0) is 6.54 Å². The highest BCUT2D eigenvalue weighted by atomic mass is 15.3. The van der Waals surface area contributed by atoms with E-state index in [9.17, 15) is 0 Å². The van der Waals surface area contributed by atoms with Crippen molar-refractivity contribution in [2.45, 2.75) is 25.4 Å². The van der Waals surface area contributed by atoms with Gasteiger partial charge in [0.2, 0.25) is 0 Å². The van der Waals surface area contributed by atoms with Gasteiger partial charge in [0.05, 0.1) is 11.9 Å². The molecule has 6 nitrogen and oxygen atoms in total. The van der Waals surface area contributed by atoms with Crippen molar-refractivity contribution in [3.8, 4) is 11.8 Å². The van der Waals surface area contributed by atoms with E-state index < -0.39 is 0 Å². The predicted molar refractivity (Wildman–Crippen MR) is 63.7 cm³/mol. The molecule has 6 heteroatoms. The van der Waals surface area contributed by atoms with Gasteiger partial charge in [0.15, 0.2) is 0 Å². The quantitative estimate of drug-likeness (QED) is 0.854. The maximum Gasteiger partial charge on any atom is 0.252 e. The Hall–Kier alpha value is -2.26. The summed E-state index contributed by atoms with van der Waals surface area (Å²) in [6.07, 6.45) is 7.59. The SMILES string of the molecule is N#Cc1ncn(-c2cncc(CNC3CC3)c2)n1. The first-order valence-corrected chi connectivity index (χ1v) is 5.84. The van der Waals surface area contributed by atoms with Gasteiger partial charge in [0.1, 0.15) is 12.4 Å². The predicted octanol–water partition coefficient (Wildman–Crippen LogP) is 0.786. The molecular weight excluding hydrogens is 228 g/mol. The van der Waals surface area contributed by atoms with E-state index in [1.807, 2.05) is 18.3 Å². The minimum Gasteiger partial charge on any atom is -0.310 e. The molecule has 1 aliphatic rings. The fraction of sp³-hybridized carbons (Fsp3) is 0.333. The fourth-order valence-corrected chi connectivity index (χ4v) is 1.68. The van der Waals surface area contributed by atoms with E-state index in [1.165, 1.54) is 19.2 Å². The van der Waals surface area contributed by atoms with Gasteiger partial charge in [-0.25, -0.2) is 9.67 Å². The second kappa shape index (κ2) is 4.55. The lowest BCUT2D eigenvalue weighted by molar-refractivity contribution is 0.684. The summed E-state index contributed by atoms with van der Waals surface area (Å²) < 4.78 is 1.56. The third kappa shape index (κ3) is 2.36. The van der Waals surface area contributed by atoms with Crippen molar-refractivity contribution in [2.24, 2.45) is 0 Å². The van der Waals surface area contributed by atoms with Crippen LogP contribution in [0, 0.1) is 11.3 Å². The highest BCUT2D eigenvalue weighted by Crippen LogP contribution is 2.19. The summed E-state index contributed by atoms with van der Waals surface area (Å²) in [6, 6.07) is 4.57. The van der Waals surface area contributed by atoms with E-state index in [0.717, 1.165) is 17.8 Å². The number of nitrogens with one attached hydrogen (secondary N) is 1. The Kier molecular flexibility index (Phi) is 2.74. The number of hydrogen-bond acceptors (Lipinski definition) is 5. The highest BCUT2D eigenvalue weighted by molar-refractivity contribution is 5.31. The Bertz CT molecular complexity index is 593. The molecule has 0 saturated heterocycles. The Balaban J connectivity index is 1.78. The average molecular weight is 240 g/mol. The zero-order valence-electron chi connectivity index (χ0n) is 9.74. The molecule has 0 atom stereocenters. The molecule has 1 N–H and O–H groups in total. The largest absolute Gasteiger partial charge is 0.310 e. The molecule has 0 spiro atoms. The van der Waals surface area contributed by atoms with Crippen molar-refractivity contribution in [3.63, 3.8) is 0 Å².